The molecule has 0 amide bonds. The second-order valence-corrected chi connectivity index (χ2v) is 4.80. The van der Waals surface area contributed by atoms with Crippen LogP contribution in [0.2, 0.25) is 0 Å². The zero-order valence-corrected chi connectivity index (χ0v) is 11.0. The molecule has 1 heterocycles. The Morgan fingerprint density at radius 2 is 2.06 bits per heavy atom. The van der Waals surface area contributed by atoms with E-state index >= 15 is 0 Å². The van der Waals surface area contributed by atoms with E-state index in [4.69, 9.17) is 0 Å². The number of aromatic nitrogens is 2. The Labute approximate surface area is 106 Å². The van der Waals surface area contributed by atoms with E-state index in [1.807, 2.05) is 18.2 Å². The minimum Gasteiger partial charge on any atom is -0.307 e. The van der Waals surface area contributed by atoms with Gasteiger partial charge in [-0.3, -0.25) is 0 Å². The van der Waals surface area contributed by atoms with Gasteiger partial charge in [-0.1, -0.05) is 17.7 Å². The molecule has 0 aliphatic rings. The maximum absolute atomic E-state index is 11.2. The number of allylic oxidation sites excluding steroid dienone is 1. The zero-order valence-electron chi connectivity index (χ0n) is 11.0. The average Bonchev–Trinajstić information content (AvgIpc) is 2.67. The summed E-state index contributed by atoms with van der Waals surface area (Å²) in [5.41, 5.74) is 4.01. The van der Waals surface area contributed by atoms with Gasteiger partial charge in [0.25, 0.3) is 0 Å². The van der Waals surface area contributed by atoms with Crippen LogP contribution in [0.1, 0.15) is 32.4 Å². The molecule has 4 nitrogen and oxygen atoms in total. The van der Waals surface area contributed by atoms with Crippen molar-refractivity contribution >= 4 is 11.0 Å². The van der Waals surface area contributed by atoms with E-state index in [1.165, 1.54) is 11.1 Å². The number of H-pyrrole nitrogens is 2. The number of fused-ring (bicyclic) bond motifs is 1. The molecule has 3 N–H and O–H groups in total. The molecule has 4 heteroatoms. The number of aromatic amines is 2. The Kier molecular flexibility index (Phi) is 3.67. The number of imidazole rings is 1. The van der Waals surface area contributed by atoms with Gasteiger partial charge in [0, 0.05) is 12.6 Å². The molecule has 18 heavy (non-hydrogen) atoms. The monoisotopic (exact) mass is 245 g/mol. The van der Waals surface area contributed by atoms with E-state index in [2.05, 4.69) is 42.1 Å². The summed E-state index contributed by atoms with van der Waals surface area (Å²) in [5.74, 6) is 0. The first-order valence-electron chi connectivity index (χ1n) is 6.15. The molecule has 0 radical (unpaired) electrons. The average molecular weight is 245 g/mol. The van der Waals surface area contributed by atoms with E-state index in [9.17, 15) is 4.79 Å². The number of rotatable bonds is 4. The van der Waals surface area contributed by atoms with Gasteiger partial charge in [-0.25, -0.2) is 4.79 Å². The minimum absolute atomic E-state index is 0.160. The summed E-state index contributed by atoms with van der Waals surface area (Å²) in [6.07, 6.45) is 2.16. The molecule has 0 saturated heterocycles. The minimum atomic E-state index is -0.160. The number of nitrogens with one attached hydrogen (secondary N) is 3. The molecule has 0 aliphatic carbocycles. The quantitative estimate of drug-likeness (QED) is 0.725. The lowest BCUT2D eigenvalue weighted by molar-refractivity contribution is 0.617. The van der Waals surface area contributed by atoms with Crippen molar-refractivity contribution in [1.29, 1.82) is 0 Å². The Bertz CT molecular complexity index is 617. The fourth-order valence-corrected chi connectivity index (χ4v) is 1.88. The molecule has 0 aliphatic heterocycles. The molecule has 1 unspecified atom stereocenters. The van der Waals surface area contributed by atoms with E-state index < -0.39 is 0 Å². The maximum Gasteiger partial charge on any atom is 0.323 e. The van der Waals surface area contributed by atoms with Crippen LogP contribution in [0.15, 0.2) is 34.6 Å². The van der Waals surface area contributed by atoms with E-state index in [1.54, 1.807) is 0 Å². The van der Waals surface area contributed by atoms with E-state index in [-0.39, 0.29) is 11.7 Å². The summed E-state index contributed by atoms with van der Waals surface area (Å²) in [4.78, 5) is 16.7. The lowest BCUT2D eigenvalue weighted by Crippen LogP contribution is -2.18. The van der Waals surface area contributed by atoms with Gasteiger partial charge >= 0.3 is 5.69 Å². The van der Waals surface area contributed by atoms with Crippen LogP contribution in [-0.2, 0) is 0 Å². The zero-order chi connectivity index (χ0) is 13.1. The van der Waals surface area contributed by atoms with Crippen molar-refractivity contribution < 1.29 is 0 Å². The largest absolute Gasteiger partial charge is 0.323 e. The highest BCUT2D eigenvalue weighted by Crippen LogP contribution is 2.16. The SMILES string of the molecule is CC(C)=CCNC(C)c1ccc2[nH]c(=O)[nH]c2c1. The van der Waals surface area contributed by atoms with Crippen LogP contribution in [0.5, 0.6) is 0 Å². The van der Waals surface area contributed by atoms with Crippen molar-refractivity contribution in [2.45, 2.75) is 26.8 Å². The first-order valence-corrected chi connectivity index (χ1v) is 6.15. The molecule has 0 spiro atoms. The molecule has 2 aromatic rings. The topological polar surface area (TPSA) is 60.7 Å². The van der Waals surface area contributed by atoms with Gasteiger partial charge in [0.15, 0.2) is 0 Å². The second kappa shape index (κ2) is 5.23. The predicted molar refractivity (Wildman–Crippen MR) is 74.8 cm³/mol. The van der Waals surface area contributed by atoms with Gasteiger partial charge < -0.3 is 15.3 Å². The van der Waals surface area contributed by atoms with Crippen LogP contribution in [-0.4, -0.2) is 16.5 Å². The second-order valence-electron chi connectivity index (χ2n) is 4.80. The highest BCUT2D eigenvalue weighted by molar-refractivity contribution is 5.75. The normalized spacial score (nSPS) is 12.6. The summed E-state index contributed by atoms with van der Waals surface area (Å²) in [6, 6.07) is 6.23. The van der Waals surface area contributed by atoms with Crippen LogP contribution < -0.4 is 11.0 Å². The lowest BCUT2D eigenvalue weighted by Gasteiger charge is -2.13. The van der Waals surface area contributed by atoms with Crippen molar-refractivity contribution in [2.24, 2.45) is 0 Å². The molecule has 0 bridgehead atoms. The highest BCUT2D eigenvalue weighted by atomic mass is 16.1. The smallest absolute Gasteiger partial charge is 0.307 e. The summed E-state index contributed by atoms with van der Waals surface area (Å²) in [7, 11) is 0. The van der Waals surface area contributed by atoms with Gasteiger partial charge in [-0.15, -0.1) is 0 Å². The molecule has 0 fully saturated rings. The van der Waals surface area contributed by atoms with Gasteiger partial charge in [0.05, 0.1) is 11.0 Å². The third kappa shape index (κ3) is 2.90. The van der Waals surface area contributed by atoms with Crippen LogP contribution >= 0.6 is 0 Å². The van der Waals surface area contributed by atoms with E-state index in [0.717, 1.165) is 17.6 Å². The van der Waals surface area contributed by atoms with Crippen molar-refractivity contribution in [1.82, 2.24) is 15.3 Å². The standard InChI is InChI=1S/C14H19N3O/c1-9(2)6-7-15-10(3)11-4-5-12-13(8-11)17-14(18)16-12/h4-6,8,10,15H,7H2,1-3H3,(H2,16,17,18). The predicted octanol–water partition coefficient (Wildman–Crippen LogP) is 2.47. The summed E-state index contributed by atoms with van der Waals surface area (Å²) in [6.45, 7) is 7.14. The van der Waals surface area contributed by atoms with Gasteiger partial charge in [0.1, 0.15) is 0 Å². The number of benzene rings is 1. The first-order chi connectivity index (χ1) is 8.56. The van der Waals surface area contributed by atoms with Crippen LogP contribution in [0.25, 0.3) is 11.0 Å². The Hall–Kier alpha value is -1.81. The molecule has 96 valence electrons. The molecular formula is C14H19N3O. The van der Waals surface area contributed by atoms with Gasteiger partial charge in [-0.05, 0) is 38.5 Å². The Morgan fingerprint density at radius 1 is 1.33 bits per heavy atom. The van der Waals surface area contributed by atoms with Crippen molar-refractivity contribution in [3.8, 4) is 0 Å². The Balaban J connectivity index is 2.14. The van der Waals surface area contributed by atoms with Crippen molar-refractivity contribution in [2.75, 3.05) is 6.54 Å². The number of hydrogen-bond donors (Lipinski definition) is 3. The molecule has 1 atom stereocenters. The molecular weight excluding hydrogens is 226 g/mol. The summed E-state index contributed by atoms with van der Waals surface area (Å²) < 4.78 is 0. The highest BCUT2D eigenvalue weighted by Gasteiger charge is 2.06. The Morgan fingerprint density at radius 3 is 2.78 bits per heavy atom. The van der Waals surface area contributed by atoms with Crippen molar-refractivity contribution in [3.63, 3.8) is 0 Å². The fourth-order valence-electron chi connectivity index (χ4n) is 1.88. The molecule has 1 aromatic carbocycles. The third-order valence-electron chi connectivity index (χ3n) is 2.97. The summed E-state index contributed by atoms with van der Waals surface area (Å²) in [5, 5.41) is 3.42. The van der Waals surface area contributed by atoms with Gasteiger partial charge in [0.2, 0.25) is 0 Å². The number of hydrogen-bond acceptors (Lipinski definition) is 2. The third-order valence-corrected chi connectivity index (χ3v) is 2.97. The van der Waals surface area contributed by atoms with Crippen LogP contribution in [0.3, 0.4) is 0 Å². The van der Waals surface area contributed by atoms with Crippen LogP contribution in [0, 0.1) is 0 Å². The van der Waals surface area contributed by atoms with E-state index in [0.29, 0.717) is 0 Å². The summed E-state index contributed by atoms with van der Waals surface area (Å²) >= 11 is 0. The molecule has 1 aromatic heterocycles. The maximum atomic E-state index is 11.2. The first kappa shape index (κ1) is 12.6. The van der Waals surface area contributed by atoms with Crippen LogP contribution in [0.4, 0.5) is 0 Å². The molecule has 2 rings (SSSR count). The van der Waals surface area contributed by atoms with Gasteiger partial charge in [-0.2, -0.15) is 0 Å². The van der Waals surface area contributed by atoms with Crippen molar-refractivity contribution in [3.05, 3.63) is 45.9 Å². The fraction of sp³-hybridized carbons (Fsp3) is 0.357. The molecule has 0 saturated carbocycles. The lowest BCUT2D eigenvalue weighted by atomic mass is 10.1.